The summed E-state index contributed by atoms with van der Waals surface area (Å²) in [5.41, 5.74) is 0.982. The van der Waals surface area contributed by atoms with Crippen molar-refractivity contribution in [2.45, 2.75) is 32.8 Å². The largest absolute Gasteiger partial charge is 0.495 e. The van der Waals surface area contributed by atoms with E-state index in [1.807, 2.05) is 26.8 Å². The number of nitrogens with one attached hydrogen (secondary N) is 1. The van der Waals surface area contributed by atoms with Gasteiger partial charge in [-0.1, -0.05) is 6.07 Å². The highest BCUT2D eigenvalue weighted by Gasteiger charge is 2.15. The molecule has 1 amide bonds. The first-order valence-electron chi connectivity index (χ1n) is 6.39. The van der Waals surface area contributed by atoms with Gasteiger partial charge in [0.05, 0.1) is 12.7 Å². The van der Waals surface area contributed by atoms with Gasteiger partial charge in [0.2, 0.25) is 0 Å². The Kier molecular flexibility index (Phi) is 5.39. The van der Waals surface area contributed by atoms with Crippen molar-refractivity contribution < 1.29 is 14.3 Å². The minimum Gasteiger partial charge on any atom is -0.495 e. The quantitative estimate of drug-likeness (QED) is 0.917. The lowest BCUT2D eigenvalue weighted by molar-refractivity contribution is 0.0528. The molecule has 0 fully saturated rings. The number of carbonyl (C=O) groups excluding carboxylic acids is 1. The van der Waals surface area contributed by atoms with Crippen molar-refractivity contribution in [3.63, 3.8) is 0 Å². The molecule has 0 aliphatic carbocycles. The monoisotopic (exact) mass is 276 g/mol. The number of nitriles is 1. The number of amides is 1. The van der Waals surface area contributed by atoms with E-state index in [1.165, 1.54) is 7.11 Å². The van der Waals surface area contributed by atoms with Crippen molar-refractivity contribution in [1.82, 2.24) is 5.32 Å². The van der Waals surface area contributed by atoms with Crippen LogP contribution in [0.3, 0.4) is 0 Å². The Morgan fingerprint density at radius 3 is 2.65 bits per heavy atom. The predicted molar refractivity (Wildman–Crippen MR) is 75.6 cm³/mol. The molecule has 0 saturated carbocycles. The van der Waals surface area contributed by atoms with Crippen molar-refractivity contribution in [1.29, 1.82) is 5.26 Å². The molecule has 0 spiro atoms. The van der Waals surface area contributed by atoms with Gasteiger partial charge in [0.15, 0.2) is 0 Å². The molecule has 1 aromatic carbocycles. The molecule has 5 nitrogen and oxygen atoms in total. The average Bonchev–Trinajstić information content (AvgIpc) is 2.36. The fourth-order valence-electron chi connectivity index (χ4n) is 1.61. The highest BCUT2D eigenvalue weighted by atomic mass is 16.6. The van der Waals surface area contributed by atoms with Gasteiger partial charge in [-0.3, -0.25) is 0 Å². The number of alkyl carbamates (subject to hydrolysis) is 1. The fraction of sp³-hybridized carbons (Fsp3) is 0.467. The number of benzene rings is 1. The van der Waals surface area contributed by atoms with E-state index in [0.29, 0.717) is 24.3 Å². The Bertz CT molecular complexity index is 513. The Hall–Kier alpha value is -2.22. The number of hydrogen-bond acceptors (Lipinski definition) is 4. The van der Waals surface area contributed by atoms with E-state index in [1.54, 1.807) is 12.1 Å². The zero-order chi connectivity index (χ0) is 15.2. The molecule has 1 rings (SSSR count). The van der Waals surface area contributed by atoms with E-state index < -0.39 is 11.7 Å². The summed E-state index contributed by atoms with van der Waals surface area (Å²) in [7, 11) is 1.53. The van der Waals surface area contributed by atoms with Gasteiger partial charge in [-0.2, -0.15) is 5.26 Å². The number of hydrogen-bond donors (Lipinski definition) is 1. The summed E-state index contributed by atoms with van der Waals surface area (Å²) in [6.07, 6.45) is 0.208. The third-order valence-corrected chi connectivity index (χ3v) is 2.47. The molecule has 0 heterocycles. The van der Waals surface area contributed by atoms with Crippen LogP contribution in [-0.2, 0) is 11.2 Å². The van der Waals surface area contributed by atoms with Gasteiger partial charge in [0.25, 0.3) is 0 Å². The summed E-state index contributed by atoms with van der Waals surface area (Å²) in [5, 5.41) is 11.6. The van der Waals surface area contributed by atoms with Crippen LogP contribution in [-0.4, -0.2) is 25.3 Å². The Morgan fingerprint density at radius 1 is 1.40 bits per heavy atom. The highest BCUT2D eigenvalue weighted by molar-refractivity contribution is 5.67. The third-order valence-electron chi connectivity index (χ3n) is 2.47. The SMILES string of the molecule is COc1cc(CCNC(=O)OC(C)(C)C)ccc1C#N. The van der Waals surface area contributed by atoms with Gasteiger partial charge in [-0.25, -0.2) is 4.79 Å². The first-order valence-corrected chi connectivity index (χ1v) is 6.39. The van der Waals surface area contributed by atoms with Crippen LogP contribution in [0.25, 0.3) is 0 Å². The first-order chi connectivity index (χ1) is 9.35. The molecule has 0 bridgehead atoms. The van der Waals surface area contributed by atoms with Crippen LogP contribution in [0, 0.1) is 11.3 Å². The summed E-state index contributed by atoms with van der Waals surface area (Å²) >= 11 is 0. The lowest BCUT2D eigenvalue weighted by Crippen LogP contribution is -2.33. The normalized spacial score (nSPS) is 10.6. The molecule has 1 aromatic rings. The lowest BCUT2D eigenvalue weighted by Gasteiger charge is -2.19. The molecule has 0 atom stereocenters. The molecule has 0 aliphatic heterocycles. The molecule has 0 aromatic heterocycles. The summed E-state index contributed by atoms with van der Waals surface area (Å²) in [6, 6.07) is 7.42. The number of methoxy groups -OCH3 is 1. The zero-order valence-corrected chi connectivity index (χ0v) is 12.3. The van der Waals surface area contributed by atoms with Crippen molar-refractivity contribution in [2.24, 2.45) is 0 Å². The van der Waals surface area contributed by atoms with Gasteiger partial charge in [0.1, 0.15) is 17.4 Å². The van der Waals surface area contributed by atoms with Gasteiger partial charge in [-0.15, -0.1) is 0 Å². The fourth-order valence-corrected chi connectivity index (χ4v) is 1.61. The van der Waals surface area contributed by atoms with Crippen molar-refractivity contribution in [3.8, 4) is 11.8 Å². The van der Waals surface area contributed by atoms with Crippen LogP contribution in [0.4, 0.5) is 4.79 Å². The van der Waals surface area contributed by atoms with Gasteiger partial charge >= 0.3 is 6.09 Å². The topological polar surface area (TPSA) is 71.3 Å². The molecular formula is C15H20N2O3. The average molecular weight is 276 g/mol. The molecule has 1 N–H and O–H groups in total. The second-order valence-corrected chi connectivity index (χ2v) is 5.33. The molecule has 5 heteroatoms. The summed E-state index contributed by atoms with van der Waals surface area (Å²) in [6.45, 7) is 5.91. The lowest BCUT2D eigenvalue weighted by atomic mass is 10.1. The van der Waals surface area contributed by atoms with Crippen molar-refractivity contribution in [2.75, 3.05) is 13.7 Å². The molecule has 0 radical (unpaired) electrons. The van der Waals surface area contributed by atoms with Crippen LogP contribution in [0.15, 0.2) is 18.2 Å². The maximum absolute atomic E-state index is 11.5. The molecule has 0 unspecified atom stereocenters. The number of rotatable bonds is 4. The van der Waals surface area contributed by atoms with E-state index >= 15 is 0 Å². The number of carbonyl (C=O) groups is 1. The highest BCUT2D eigenvalue weighted by Crippen LogP contribution is 2.19. The summed E-state index contributed by atoms with van der Waals surface area (Å²) in [5.74, 6) is 0.544. The van der Waals surface area contributed by atoms with Gasteiger partial charge in [0, 0.05) is 6.54 Å². The van der Waals surface area contributed by atoms with E-state index in [9.17, 15) is 4.79 Å². The van der Waals surface area contributed by atoms with Crippen LogP contribution in [0.2, 0.25) is 0 Å². The Morgan fingerprint density at radius 2 is 2.10 bits per heavy atom. The number of nitrogens with zero attached hydrogens (tertiary/aromatic N) is 1. The third kappa shape index (κ3) is 5.19. The molecule has 108 valence electrons. The molecule has 0 saturated heterocycles. The summed E-state index contributed by atoms with van der Waals surface area (Å²) < 4.78 is 10.3. The van der Waals surface area contributed by atoms with Crippen LogP contribution in [0.1, 0.15) is 31.9 Å². The maximum Gasteiger partial charge on any atom is 0.407 e. The van der Waals surface area contributed by atoms with E-state index in [4.69, 9.17) is 14.7 Å². The molecular weight excluding hydrogens is 256 g/mol. The van der Waals surface area contributed by atoms with Crippen LogP contribution < -0.4 is 10.1 Å². The standard InChI is InChI=1S/C15H20N2O3/c1-15(2,3)20-14(18)17-8-7-11-5-6-12(10-16)13(9-11)19-4/h5-6,9H,7-8H2,1-4H3,(H,17,18). The number of ether oxygens (including phenoxy) is 2. The van der Waals surface area contributed by atoms with Crippen LogP contribution >= 0.6 is 0 Å². The smallest absolute Gasteiger partial charge is 0.407 e. The molecule has 0 aliphatic rings. The van der Waals surface area contributed by atoms with E-state index in [0.717, 1.165) is 5.56 Å². The molecule has 20 heavy (non-hydrogen) atoms. The second kappa shape index (κ2) is 6.80. The van der Waals surface area contributed by atoms with Crippen molar-refractivity contribution >= 4 is 6.09 Å². The van der Waals surface area contributed by atoms with Gasteiger partial charge in [-0.05, 0) is 44.9 Å². The summed E-state index contributed by atoms with van der Waals surface area (Å²) in [4.78, 5) is 11.5. The first kappa shape index (κ1) is 15.8. The van der Waals surface area contributed by atoms with Gasteiger partial charge < -0.3 is 14.8 Å². The zero-order valence-electron chi connectivity index (χ0n) is 12.3. The van der Waals surface area contributed by atoms with Crippen molar-refractivity contribution in [3.05, 3.63) is 29.3 Å². The minimum atomic E-state index is -0.498. The predicted octanol–water partition coefficient (Wildman–Crippen LogP) is 2.63. The maximum atomic E-state index is 11.5. The Balaban J connectivity index is 2.51. The minimum absolute atomic E-state index is 0.432. The second-order valence-electron chi connectivity index (χ2n) is 5.33. The van der Waals surface area contributed by atoms with E-state index in [2.05, 4.69) is 11.4 Å². The van der Waals surface area contributed by atoms with E-state index in [-0.39, 0.29) is 0 Å². The van der Waals surface area contributed by atoms with Crippen LogP contribution in [0.5, 0.6) is 5.75 Å². The Labute approximate surface area is 119 Å².